The molecule has 18 heavy (non-hydrogen) atoms. The zero-order chi connectivity index (χ0) is 13.0. The van der Waals surface area contributed by atoms with Crippen molar-refractivity contribution in [2.75, 3.05) is 7.11 Å². The van der Waals surface area contributed by atoms with Gasteiger partial charge in [-0.15, -0.1) is 0 Å². The molecule has 1 heterocycles. The zero-order valence-electron chi connectivity index (χ0n) is 10.5. The summed E-state index contributed by atoms with van der Waals surface area (Å²) in [6, 6.07) is 9.43. The van der Waals surface area contributed by atoms with Crippen molar-refractivity contribution in [3.8, 4) is 17.2 Å². The molecule has 0 spiro atoms. The molecule has 0 saturated heterocycles. The highest BCUT2D eigenvalue weighted by atomic mass is 16.5. The third-order valence-electron chi connectivity index (χ3n) is 2.58. The first-order valence-electron chi connectivity index (χ1n) is 5.71. The van der Waals surface area contributed by atoms with Crippen LogP contribution in [0.2, 0.25) is 0 Å². The van der Waals surface area contributed by atoms with Gasteiger partial charge in [-0.25, -0.2) is 0 Å². The molecule has 1 aromatic heterocycles. The van der Waals surface area contributed by atoms with E-state index < -0.39 is 0 Å². The van der Waals surface area contributed by atoms with Gasteiger partial charge in [0, 0.05) is 12.7 Å². The molecule has 2 aromatic rings. The maximum Gasteiger partial charge on any atom is 0.169 e. The van der Waals surface area contributed by atoms with Gasteiger partial charge in [-0.2, -0.15) is 0 Å². The van der Waals surface area contributed by atoms with Gasteiger partial charge in [-0.1, -0.05) is 6.07 Å². The average Bonchev–Trinajstić information content (AvgIpc) is 2.41. The number of hydrogen-bond donors (Lipinski definition) is 1. The number of aryl methyl sites for hydroxylation is 1. The van der Waals surface area contributed by atoms with Gasteiger partial charge in [0.05, 0.1) is 12.8 Å². The van der Waals surface area contributed by atoms with Crippen LogP contribution in [0.15, 0.2) is 36.5 Å². The van der Waals surface area contributed by atoms with Crippen molar-refractivity contribution in [1.29, 1.82) is 0 Å². The molecule has 0 saturated carbocycles. The van der Waals surface area contributed by atoms with Crippen molar-refractivity contribution >= 4 is 0 Å². The highest BCUT2D eigenvalue weighted by Crippen LogP contribution is 2.32. The smallest absolute Gasteiger partial charge is 0.169 e. The van der Waals surface area contributed by atoms with E-state index in [2.05, 4.69) is 4.98 Å². The van der Waals surface area contributed by atoms with Crippen molar-refractivity contribution < 1.29 is 9.47 Å². The van der Waals surface area contributed by atoms with Crippen LogP contribution < -0.4 is 15.2 Å². The number of methoxy groups -OCH3 is 1. The first kappa shape index (κ1) is 12.4. The molecule has 0 aliphatic heterocycles. The number of nitrogens with two attached hydrogens (primary N) is 1. The summed E-state index contributed by atoms with van der Waals surface area (Å²) in [6.07, 6.45) is 1.70. The summed E-state index contributed by atoms with van der Waals surface area (Å²) in [5.74, 6) is 2.01. The first-order chi connectivity index (χ1) is 8.74. The van der Waals surface area contributed by atoms with Crippen molar-refractivity contribution in [2.24, 2.45) is 5.73 Å². The molecule has 0 unspecified atom stereocenters. The van der Waals surface area contributed by atoms with Crippen LogP contribution in [0.4, 0.5) is 0 Å². The molecule has 94 valence electrons. The predicted octanol–water partition coefficient (Wildman–Crippen LogP) is 2.65. The largest absolute Gasteiger partial charge is 0.493 e. The van der Waals surface area contributed by atoms with E-state index in [4.69, 9.17) is 15.2 Å². The lowest BCUT2D eigenvalue weighted by atomic mass is 10.2. The fraction of sp³-hybridized carbons (Fsp3) is 0.214. The van der Waals surface area contributed by atoms with Gasteiger partial charge in [0.25, 0.3) is 0 Å². The van der Waals surface area contributed by atoms with Crippen molar-refractivity contribution in [3.63, 3.8) is 0 Å². The van der Waals surface area contributed by atoms with Crippen molar-refractivity contribution in [3.05, 3.63) is 47.8 Å². The van der Waals surface area contributed by atoms with Crippen LogP contribution in [0, 0.1) is 6.92 Å². The van der Waals surface area contributed by atoms with E-state index in [1.807, 2.05) is 37.3 Å². The maximum atomic E-state index is 5.81. The van der Waals surface area contributed by atoms with E-state index in [0.717, 1.165) is 11.3 Å². The summed E-state index contributed by atoms with van der Waals surface area (Å²) >= 11 is 0. The summed E-state index contributed by atoms with van der Waals surface area (Å²) in [6.45, 7) is 2.34. The molecule has 4 nitrogen and oxygen atoms in total. The lowest BCUT2D eigenvalue weighted by Crippen LogP contribution is -2.02. The number of hydrogen-bond acceptors (Lipinski definition) is 4. The highest BCUT2D eigenvalue weighted by Gasteiger charge is 2.08. The minimum atomic E-state index is 0.338. The number of aromatic nitrogens is 1. The van der Waals surface area contributed by atoms with E-state index in [-0.39, 0.29) is 0 Å². The quantitative estimate of drug-likeness (QED) is 0.898. The summed E-state index contributed by atoms with van der Waals surface area (Å²) in [5.41, 5.74) is 7.46. The molecule has 4 heteroatoms. The Kier molecular flexibility index (Phi) is 3.79. The minimum Gasteiger partial charge on any atom is -0.493 e. The molecule has 0 aliphatic carbocycles. The Hall–Kier alpha value is -2.07. The molecular formula is C14H16N2O2. The van der Waals surface area contributed by atoms with Crippen LogP contribution in [-0.4, -0.2) is 12.1 Å². The Balaban J connectivity index is 2.33. The van der Waals surface area contributed by atoms with E-state index >= 15 is 0 Å². The number of ether oxygens (including phenoxy) is 2. The number of benzene rings is 1. The Morgan fingerprint density at radius 2 is 2.00 bits per heavy atom. The Morgan fingerprint density at radius 1 is 1.17 bits per heavy atom. The normalized spacial score (nSPS) is 10.2. The van der Waals surface area contributed by atoms with Crippen LogP contribution in [-0.2, 0) is 6.54 Å². The van der Waals surface area contributed by atoms with E-state index in [1.54, 1.807) is 13.3 Å². The monoisotopic (exact) mass is 244 g/mol. The van der Waals surface area contributed by atoms with Crippen LogP contribution >= 0.6 is 0 Å². The lowest BCUT2D eigenvalue weighted by Gasteiger charge is -2.12. The maximum absolute atomic E-state index is 5.81. The van der Waals surface area contributed by atoms with Crippen molar-refractivity contribution in [1.82, 2.24) is 4.98 Å². The zero-order valence-corrected chi connectivity index (χ0v) is 10.5. The molecule has 0 fully saturated rings. The van der Waals surface area contributed by atoms with Crippen LogP contribution in [0.5, 0.6) is 17.2 Å². The van der Waals surface area contributed by atoms with Gasteiger partial charge >= 0.3 is 0 Å². The van der Waals surface area contributed by atoms with Crippen LogP contribution in [0.25, 0.3) is 0 Å². The van der Waals surface area contributed by atoms with Gasteiger partial charge in [-0.3, -0.25) is 4.98 Å². The number of nitrogens with zero attached hydrogens (tertiary/aromatic N) is 1. The molecule has 0 aliphatic rings. The molecule has 1 aromatic carbocycles. The molecule has 0 amide bonds. The molecular weight excluding hydrogens is 228 g/mol. The van der Waals surface area contributed by atoms with Crippen LogP contribution in [0.3, 0.4) is 0 Å². The highest BCUT2D eigenvalue weighted by molar-refractivity contribution is 5.45. The number of pyridine rings is 1. The van der Waals surface area contributed by atoms with E-state index in [9.17, 15) is 0 Å². The van der Waals surface area contributed by atoms with E-state index in [0.29, 0.717) is 23.8 Å². The predicted molar refractivity (Wildman–Crippen MR) is 69.9 cm³/mol. The minimum absolute atomic E-state index is 0.338. The Morgan fingerprint density at radius 3 is 2.72 bits per heavy atom. The van der Waals surface area contributed by atoms with Crippen molar-refractivity contribution in [2.45, 2.75) is 13.5 Å². The lowest BCUT2D eigenvalue weighted by molar-refractivity contribution is 0.376. The van der Waals surface area contributed by atoms with Gasteiger partial charge in [-0.05, 0) is 36.8 Å². The molecule has 0 bridgehead atoms. The SMILES string of the molecule is COc1cc(C)ccc1Oc1cccnc1CN. The third kappa shape index (κ3) is 2.60. The second kappa shape index (κ2) is 5.51. The first-order valence-corrected chi connectivity index (χ1v) is 5.71. The summed E-state index contributed by atoms with van der Waals surface area (Å²) in [4.78, 5) is 4.18. The molecule has 0 radical (unpaired) electrons. The topological polar surface area (TPSA) is 57.4 Å². The summed E-state index contributed by atoms with van der Waals surface area (Å²) < 4.78 is 11.1. The van der Waals surface area contributed by atoms with E-state index in [1.165, 1.54) is 0 Å². The van der Waals surface area contributed by atoms with Gasteiger partial charge in [0.1, 0.15) is 5.75 Å². The second-order valence-electron chi connectivity index (χ2n) is 3.91. The Bertz CT molecular complexity index is 541. The summed E-state index contributed by atoms with van der Waals surface area (Å²) in [7, 11) is 1.62. The Labute approximate surface area is 106 Å². The second-order valence-corrected chi connectivity index (χ2v) is 3.91. The standard InChI is InChI=1S/C14H16N2O2/c1-10-5-6-13(14(8-10)17-2)18-12-4-3-7-16-11(12)9-15/h3-8H,9,15H2,1-2H3. The fourth-order valence-corrected chi connectivity index (χ4v) is 1.65. The number of rotatable bonds is 4. The average molecular weight is 244 g/mol. The van der Waals surface area contributed by atoms with Gasteiger partial charge in [0.15, 0.2) is 11.5 Å². The summed E-state index contributed by atoms with van der Waals surface area (Å²) in [5, 5.41) is 0. The molecule has 2 rings (SSSR count). The molecule has 2 N–H and O–H groups in total. The van der Waals surface area contributed by atoms with Crippen LogP contribution in [0.1, 0.15) is 11.3 Å². The molecule has 0 atom stereocenters. The fourth-order valence-electron chi connectivity index (χ4n) is 1.65. The van der Waals surface area contributed by atoms with Gasteiger partial charge < -0.3 is 15.2 Å². The third-order valence-corrected chi connectivity index (χ3v) is 2.58. The van der Waals surface area contributed by atoms with Gasteiger partial charge in [0.2, 0.25) is 0 Å².